The third-order valence-corrected chi connectivity index (χ3v) is 10.2. The van der Waals surface area contributed by atoms with Crippen LogP contribution in [0.5, 0.6) is 0 Å². The SMILES string of the molecule is CC(C)(C)[C@H]1CCc2nc3sc(C(=O)NC(CCN4CCC(O)CC4)c4cccc(NS(C)(=O)=O)c4)cc3cc2C1. The molecule has 0 spiro atoms. The number of amides is 1. The Hall–Kier alpha value is -2.53. The van der Waals surface area contributed by atoms with E-state index in [1.807, 2.05) is 12.1 Å². The number of piperidine rings is 1. The number of benzene rings is 1. The number of carbonyl (C=O) groups is 1. The van der Waals surface area contributed by atoms with Crippen LogP contribution in [0.2, 0.25) is 0 Å². The highest BCUT2D eigenvalue weighted by Gasteiger charge is 2.30. The smallest absolute Gasteiger partial charge is 0.261 e. The second-order valence-corrected chi connectivity index (χ2v) is 15.6. The average Bonchev–Trinajstić information content (AvgIpc) is 3.32. The summed E-state index contributed by atoms with van der Waals surface area (Å²) in [4.78, 5) is 22.4. The van der Waals surface area contributed by atoms with Crippen LogP contribution in [0.15, 0.2) is 36.4 Å². The number of anilines is 1. The highest BCUT2D eigenvalue weighted by atomic mass is 32.2. The number of nitrogens with zero attached hydrogens (tertiary/aromatic N) is 2. The Labute approximate surface area is 247 Å². The monoisotopic (exact) mass is 598 g/mol. The molecule has 0 bridgehead atoms. The minimum atomic E-state index is -3.43. The summed E-state index contributed by atoms with van der Waals surface area (Å²) in [5, 5.41) is 14.1. The molecule has 1 amide bonds. The Kier molecular flexibility index (Phi) is 8.76. The van der Waals surface area contributed by atoms with Crippen LogP contribution in [0.3, 0.4) is 0 Å². The van der Waals surface area contributed by atoms with Gasteiger partial charge in [0.15, 0.2) is 0 Å². The molecule has 0 radical (unpaired) electrons. The van der Waals surface area contributed by atoms with Crippen molar-refractivity contribution in [3.8, 4) is 0 Å². The summed E-state index contributed by atoms with van der Waals surface area (Å²) < 4.78 is 26.2. The lowest BCUT2D eigenvalue weighted by Crippen LogP contribution is -2.38. The maximum absolute atomic E-state index is 13.6. The van der Waals surface area contributed by atoms with Gasteiger partial charge < -0.3 is 15.3 Å². The maximum atomic E-state index is 13.6. The third kappa shape index (κ3) is 7.66. The number of hydrogen-bond acceptors (Lipinski definition) is 7. The van der Waals surface area contributed by atoms with Crippen LogP contribution in [0.1, 0.15) is 79.0 Å². The molecule has 222 valence electrons. The molecule has 3 heterocycles. The lowest BCUT2D eigenvalue weighted by molar-refractivity contribution is 0.0796. The average molecular weight is 599 g/mol. The van der Waals surface area contributed by atoms with Gasteiger partial charge in [-0.15, -0.1) is 11.3 Å². The number of fused-ring (bicyclic) bond motifs is 2. The molecule has 2 atom stereocenters. The topological polar surface area (TPSA) is 112 Å². The van der Waals surface area contributed by atoms with Gasteiger partial charge in [0.05, 0.1) is 23.3 Å². The number of rotatable bonds is 8. The minimum absolute atomic E-state index is 0.154. The number of nitrogens with one attached hydrogen (secondary N) is 2. The Morgan fingerprint density at radius 1 is 1.17 bits per heavy atom. The van der Waals surface area contributed by atoms with E-state index in [1.54, 1.807) is 18.2 Å². The van der Waals surface area contributed by atoms with Gasteiger partial charge in [-0.2, -0.15) is 0 Å². The molecule has 3 aromatic rings. The van der Waals surface area contributed by atoms with E-state index in [2.05, 4.69) is 41.8 Å². The summed E-state index contributed by atoms with van der Waals surface area (Å²) in [6, 6.07) is 11.1. The number of sulfonamides is 1. The molecule has 10 heteroatoms. The number of carbonyl (C=O) groups excluding carboxylic acids is 1. The van der Waals surface area contributed by atoms with Crippen LogP contribution < -0.4 is 10.0 Å². The molecule has 1 unspecified atom stereocenters. The second kappa shape index (κ2) is 12.0. The van der Waals surface area contributed by atoms with E-state index >= 15 is 0 Å². The van der Waals surface area contributed by atoms with Crippen LogP contribution in [-0.2, 0) is 22.9 Å². The summed E-state index contributed by atoms with van der Waals surface area (Å²) in [7, 11) is -3.43. The van der Waals surface area contributed by atoms with Gasteiger partial charge in [-0.1, -0.05) is 32.9 Å². The van der Waals surface area contributed by atoms with Crippen LogP contribution in [0.4, 0.5) is 5.69 Å². The first-order valence-corrected chi connectivity index (χ1v) is 17.3. The van der Waals surface area contributed by atoms with Crippen molar-refractivity contribution in [3.05, 3.63) is 58.1 Å². The van der Waals surface area contributed by atoms with Gasteiger partial charge in [0.1, 0.15) is 4.83 Å². The number of hydrogen-bond donors (Lipinski definition) is 3. The summed E-state index contributed by atoms with van der Waals surface area (Å²) in [5.74, 6) is 0.464. The van der Waals surface area contributed by atoms with Crippen molar-refractivity contribution in [1.29, 1.82) is 0 Å². The van der Waals surface area contributed by atoms with Crippen molar-refractivity contribution >= 4 is 43.2 Å². The zero-order valence-corrected chi connectivity index (χ0v) is 26.1. The van der Waals surface area contributed by atoms with E-state index in [1.165, 1.54) is 16.9 Å². The first-order chi connectivity index (χ1) is 19.3. The molecule has 2 aliphatic rings. The Bertz CT molecular complexity index is 1500. The third-order valence-electron chi connectivity index (χ3n) is 8.51. The highest BCUT2D eigenvalue weighted by molar-refractivity contribution is 7.92. The van der Waals surface area contributed by atoms with Crippen LogP contribution >= 0.6 is 11.3 Å². The number of aliphatic hydroxyl groups is 1. The lowest BCUT2D eigenvalue weighted by Gasteiger charge is -2.34. The molecular weight excluding hydrogens is 556 g/mol. The standard InChI is InChI=1S/C31H42N4O4S2/c1-31(2,3)23-8-9-26-21(17-23)16-22-19-28(40-30(22)33-26)29(37)32-27(12-15-35-13-10-25(36)11-14-35)20-6-5-7-24(18-20)34-41(4,38)39/h5-7,16,18-19,23,25,27,34,36H,8-15,17H2,1-4H3,(H,32,37)/t23-,27?/m0/s1. The van der Waals surface area contributed by atoms with Crippen molar-refractivity contribution in [2.24, 2.45) is 11.3 Å². The van der Waals surface area contributed by atoms with Crippen molar-refractivity contribution in [3.63, 3.8) is 0 Å². The van der Waals surface area contributed by atoms with Gasteiger partial charge in [-0.25, -0.2) is 13.4 Å². The van der Waals surface area contributed by atoms with Crippen molar-refractivity contribution in [2.45, 2.75) is 71.4 Å². The number of aliphatic hydroxyl groups excluding tert-OH is 1. The number of thiophene rings is 1. The number of aryl methyl sites for hydroxylation is 1. The summed E-state index contributed by atoms with van der Waals surface area (Å²) in [5.41, 5.74) is 4.02. The fraction of sp³-hybridized carbons (Fsp3) is 0.548. The molecule has 1 aromatic carbocycles. The molecule has 41 heavy (non-hydrogen) atoms. The summed E-state index contributed by atoms with van der Waals surface area (Å²) in [6.07, 6.45) is 6.17. The molecule has 1 aliphatic heterocycles. The fourth-order valence-corrected chi connectivity index (χ4v) is 7.51. The van der Waals surface area contributed by atoms with Gasteiger partial charge in [0.25, 0.3) is 5.91 Å². The molecule has 1 fully saturated rings. The van der Waals surface area contributed by atoms with Crippen LogP contribution in [0.25, 0.3) is 10.2 Å². The van der Waals surface area contributed by atoms with Gasteiger partial charge in [0, 0.05) is 36.4 Å². The van der Waals surface area contributed by atoms with E-state index in [-0.39, 0.29) is 23.5 Å². The van der Waals surface area contributed by atoms with Crippen LogP contribution in [0, 0.1) is 11.3 Å². The Morgan fingerprint density at radius 3 is 2.63 bits per heavy atom. The molecule has 1 aliphatic carbocycles. The van der Waals surface area contributed by atoms with Crippen molar-refractivity contribution < 1.29 is 18.3 Å². The number of pyridine rings is 1. The van der Waals surface area contributed by atoms with E-state index in [4.69, 9.17) is 4.98 Å². The van der Waals surface area contributed by atoms with Gasteiger partial charge in [-0.05, 0) is 85.3 Å². The first kappa shape index (κ1) is 29.9. The molecular formula is C31H42N4O4S2. The first-order valence-electron chi connectivity index (χ1n) is 14.6. The Balaban J connectivity index is 1.36. The highest BCUT2D eigenvalue weighted by Crippen LogP contribution is 2.38. The molecule has 0 saturated carbocycles. The molecule has 2 aromatic heterocycles. The predicted octanol–water partition coefficient (Wildman–Crippen LogP) is 5.14. The van der Waals surface area contributed by atoms with Crippen molar-refractivity contribution in [1.82, 2.24) is 15.2 Å². The molecule has 3 N–H and O–H groups in total. The van der Waals surface area contributed by atoms with E-state index in [0.29, 0.717) is 22.9 Å². The molecule has 8 nitrogen and oxygen atoms in total. The van der Waals surface area contributed by atoms with Gasteiger partial charge >= 0.3 is 0 Å². The quantitative estimate of drug-likeness (QED) is 0.331. The van der Waals surface area contributed by atoms with Crippen molar-refractivity contribution in [2.75, 3.05) is 30.6 Å². The van der Waals surface area contributed by atoms with E-state index < -0.39 is 10.0 Å². The van der Waals surface area contributed by atoms with Crippen LogP contribution in [-0.4, -0.2) is 61.3 Å². The minimum Gasteiger partial charge on any atom is -0.393 e. The number of likely N-dealkylation sites (tertiary alicyclic amines) is 1. The molecule has 5 rings (SSSR count). The normalized spacial score (nSPS) is 19.6. The van der Waals surface area contributed by atoms with Gasteiger partial charge in [-0.3, -0.25) is 9.52 Å². The zero-order chi connectivity index (χ0) is 29.4. The number of aromatic nitrogens is 1. The van der Waals surface area contributed by atoms with E-state index in [9.17, 15) is 18.3 Å². The summed E-state index contributed by atoms with van der Waals surface area (Å²) in [6.45, 7) is 9.32. The predicted molar refractivity (Wildman–Crippen MR) is 166 cm³/mol. The summed E-state index contributed by atoms with van der Waals surface area (Å²) >= 11 is 1.43. The zero-order valence-electron chi connectivity index (χ0n) is 24.4. The Morgan fingerprint density at radius 2 is 1.93 bits per heavy atom. The largest absolute Gasteiger partial charge is 0.393 e. The van der Waals surface area contributed by atoms with E-state index in [0.717, 1.165) is 79.5 Å². The van der Waals surface area contributed by atoms with Gasteiger partial charge in [0.2, 0.25) is 10.0 Å². The molecule has 1 saturated heterocycles. The second-order valence-electron chi connectivity index (χ2n) is 12.8. The maximum Gasteiger partial charge on any atom is 0.261 e. The lowest BCUT2D eigenvalue weighted by atomic mass is 9.71. The fourth-order valence-electron chi connectivity index (χ4n) is 6.01.